The molecule has 3 aliphatic rings. The van der Waals surface area contributed by atoms with E-state index in [1.54, 1.807) is 20.3 Å². The second kappa shape index (κ2) is 34.3. The summed E-state index contributed by atoms with van der Waals surface area (Å²) in [7, 11) is 3.47. The van der Waals surface area contributed by atoms with Gasteiger partial charge in [-0.15, -0.1) is 0 Å². The second-order valence-electron chi connectivity index (χ2n) is 29.8. The lowest BCUT2D eigenvalue weighted by atomic mass is 9.92. The van der Waals surface area contributed by atoms with Gasteiger partial charge in [-0.05, 0) is 228 Å². The van der Waals surface area contributed by atoms with E-state index < -0.39 is 0 Å². The molecule has 2 atom stereocenters. The summed E-state index contributed by atoms with van der Waals surface area (Å²) in [6, 6.07) is 115. The maximum atomic E-state index is 10.1. The molecule has 2 unspecified atom stereocenters. The molecule has 0 spiro atoms. The molecule has 0 saturated carbocycles. The Morgan fingerprint density at radius 3 is 1.23 bits per heavy atom. The summed E-state index contributed by atoms with van der Waals surface area (Å²) in [4.78, 5) is 7.03. The summed E-state index contributed by atoms with van der Waals surface area (Å²) in [6.07, 6.45) is 14.8. The Morgan fingerprint density at radius 2 is 0.757 bits per heavy atom. The van der Waals surface area contributed by atoms with Gasteiger partial charge in [0.05, 0.1) is 71.6 Å². The number of hydrogen-bond acceptors (Lipinski definition) is 7. The standard InChI is InChI=1S/C39H29N3.C39H37NO2.C30H27N/c1-4-29(24-40)30-13-15-31(16-14-30)32(25-41)22-28-12-20-39-37(23-28)35-8-6-5-7-34(35)36-21-27(3)11-19-38(36)42(39)33-17-9-26(2)10-18-33;1-6-27(3)29-16-13-28(14-17-29)15-18-30-23-38-36(25-39(30)42-5)34-10-8-7-9-33(34)35-24-32(41-4)21-22-37(35)40(38)31-19-11-26(2)12-20-31;1-3-22(2)24-18-16-23(17-19-24)20-21-31-29-14-8-6-12-27(29)25-10-4-5-11-26(25)28-13-7-9-15-30(28)31/h4-23H,1-3H3;7-25,27H,6H2,1-5H3;4-22H,3H2,1-2H3/b29-4?,32-22+;18-15+;. The molecule has 0 aromatic heterocycles. The molecule has 0 N–H and O–H groups in total. The molecule has 7 heteroatoms. The predicted molar refractivity (Wildman–Crippen MR) is 485 cm³/mol. The van der Waals surface area contributed by atoms with Crippen LogP contribution in [0.1, 0.15) is 120 Å². The maximum absolute atomic E-state index is 10.1. The van der Waals surface area contributed by atoms with Gasteiger partial charge in [0.2, 0.25) is 0 Å². The van der Waals surface area contributed by atoms with E-state index in [0.29, 0.717) is 23.0 Å². The number of anilines is 8. The van der Waals surface area contributed by atoms with Crippen molar-refractivity contribution in [1.29, 1.82) is 10.5 Å². The number of benzene rings is 14. The number of hydrogen-bond donors (Lipinski definition) is 0. The second-order valence-corrected chi connectivity index (χ2v) is 29.8. The van der Waals surface area contributed by atoms with Crippen LogP contribution in [-0.4, -0.2) is 14.2 Å². The molecular weight excluding hydrogens is 1400 g/mol. The largest absolute Gasteiger partial charge is 0.497 e. The highest BCUT2D eigenvalue weighted by molar-refractivity contribution is 6.06. The third-order valence-corrected chi connectivity index (χ3v) is 22.6. The highest BCUT2D eigenvalue weighted by Gasteiger charge is 2.31. The van der Waals surface area contributed by atoms with Crippen LogP contribution in [0.5, 0.6) is 11.5 Å². The van der Waals surface area contributed by atoms with Crippen LogP contribution in [0.2, 0.25) is 0 Å². The zero-order valence-electron chi connectivity index (χ0n) is 67.0. The topological polar surface area (TPSA) is 75.8 Å². The van der Waals surface area contributed by atoms with Crippen molar-refractivity contribution in [3.8, 4) is 90.4 Å². The molecule has 3 heterocycles. The number of nitriles is 2. The molecule has 14 aromatic carbocycles. The molecule has 0 radical (unpaired) electrons. The first-order chi connectivity index (χ1) is 56.3. The van der Waals surface area contributed by atoms with Gasteiger partial charge in [0.15, 0.2) is 0 Å². The lowest BCUT2D eigenvalue weighted by molar-refractivity contribution is 0.414. The number of nitrogens with zero attached hydrogens (tertiary/aromatic N) is 5. The first-order valence-corrected chi connectivity index (χ1v) is 39.8. The molecule has 17 rings (SSSR count). The van der Waals surface area contributed by atoms with Gasteiger partial charge in [-0.1, -0.05) is 281 Å². The minimum atomic E-state index is 0.561. The van der Waals surface area contributed by atoms with Gasteiger partial charge in [0.1, 0.15) is 11.5 Å². The Labute approximate surface area is 678 Å². The van der Waals surface area contributed by atoms with E-state index in [4.69, 9.17) is 9.47 Å². The quantitative estimate of drug-likeness (QED) is 0.0748. The zero-order valence-corrected chi connectivity index (χ0v) is 67.0. The number of para-hydroxylation sites is 2. The maximum Gasteiger partial charge on any atom is 0.126 e. The minimum Gasteiger partial charge on any atom is -0.497 e. The van der Waals surface area contributed by atoms with Crippen molar-refractivity contribution in [3.63, 3.8) is 0 Å². The summed E-state index contributed by atoms with van der Waals surface area (Å²) >= 11 is 0. The van der Waals surface area contributed by atoms with E-state index in [1.807, 2.05) is 43.3 Å². The number of methoxy groups -OCH3 is 2. The van der Waals surface area contributed by atoms with Gasteiger partial charge in [-0.2, -0.15) is 10.5 Å². The van der Waals surface area contributed by atoms with E-state index in [-0.39, 0.29) is 0 Å². The molecule has 0 saturated heterocycles. The van der Waals surface area contributed by atoms with E-state index in [1.165, 1.54) is 78.1 Å². The van der Waals surface area contributed by atoms with Crippen molar-refractivity contribution in [3.05, 3.63) is 383 Å². The molecule has 7 nitrogen and oxygen atoms in total. The Bertz CT molecular complexity index is 6060. The van der Waals surface area contributed by atoms with Gasteiger partial charge < -0.3 is 24.2 Å². The summed E-state index contributed by atoms with van der Waals surface area (Å²) in [5.74, 6) is 2.83. The highest BCUT2D eigenvalue weighted by Crippen LogP contribution is 2.55. The van der Waals surface area contributed by atoms with Gasteiger partial charge >= 0.3 is 0 Å². The third-order valence-electron chi connectivity index (χ3n) is 22.6. The fourth-order valence-electron chi connectivity index (χ4n) is 15.8. The van der Waals surface area contributed by atoms with E-state index in [2.05, 4.69) is 379 Å². The van der Waals surface area contributed by atoms with Gasteiger partial charge in [0, 0.05) is 56.5 Å². The van der Waals surface area contributed by atoms with Crippen LogP contribution in [0.15, 0.2) is 322 Å². The fourth-order valence-corrected chi connectivity index (χ4v) is 15.8. The van der Waals surface area contributed by atoms with Crippen molar-refractivity contribution in [1.82, 2.24) is 0 Å². The Morgan fingerprint density at radius 1 is 0.357 bits per heavy atom. The van der Waals surface area contributed by atoms with Crippen LogP contribution < -0.4 is 24.2 Å². The van der Waals surface area contributed by atoms with Crippen molar-refractivity contribution in [2.24, 2.45) is 0 Å². The molecule has 0 aliphatic carbocycles. The molecule has 562 valence electrons. The first-order valence-electron chi connectivity index (χ1n) is 39.8. The van der Waals surface area contributed by atoms with E-state index in [0.717, 1.165) is 120 Å². The van der Waals surface area contributed by atoms with E-state index >= 15 is 0 Å². The van der Waals surface area contributed by atoms with Crippen molar-refractivity contribution >= 4 is 80.9 Å². The molecule has 0 fully saturated rings. The fraction of sp³-hybridized carbons (Fsp3) is 0.130. The van der Waals surface area contributed by atoms with Crippen LogP contribution in [0, 0.1) is 43.4 Å². The van der Waals surface area contributed by atoms with Crippen LogP contribution in [0.4, 0.5) is 45.5 Å². The number of fused-ring (bicyclic) bond motifs is 15. The summed E-state index contributed by atoms with van der Waals surface area (Å²) in [6.45, 7) is 17.2. The average molecular weight is 1490 g/mol. The monoisotopic (exact) mass is 1490 g/mol. The van der Waals surface area contributed by atoms with Crippen molar-refractivity contribution in [2.45, 2.75) is 80.1 Å². The molecule has 3 aliphatic heterocycles. The normalized spacial score (nSPS) is 12.7. The van der Waals surface area contributed by atoms with Crippen LogP contribution in [0.3, 0.4) is 0 Å². The van der Waals surface area contributed by atoms with Gasteiger partial charge in [-0.25, -0.2) is 0 Å². The molecule has 0 bridgehead atoms. The third kappa shape index (κ3) is 15.9. The molecule has 14 aromatic rings. The van der Waals surface area contributed by atoms with E-state index in [9.17, 15) is 10.5 Å². The molecular formula is C108H93N5O2. The SMILES string of the molecule is CC=C(C#N)c1ccc(/C(C#N)=C/c2ccc3c(c2)-c2ccccc2-c2cc(C)ccc2N3c2ccc(C)cc2)cc1.CCC(C)c1ccc(/C=C/c2cc3c(cc2OC)-c2ccccc2-c2cc(OC)ccc2N3c2ccc(C)cc2)cc1.CCC(C)c1ccc(C=CN2c3ccccc3-c3ccccc3-c3ccccc32)cc1. The Kier molecular flexibility index (Phi) is 22.8. The number of ether oxygens (including phenoxy) is 2. The minimum absolute atomic E-state index is 0.561. The number of aryl methyl sites for hydroxylation is 3. The number of allylic oxidation sites excluding steroid dienone is 3. The molecule has 0 amide bonds. The summed E-state index contributed by atoms with van der Waals surface area (Å²) < 4.78 is 11.7. The van der Waals surface area contributed by atoms with Gasteiger partial charge in [-0.3, -0.25) is 0 Å². The summed E-state index contributed by atoms with van der Waals surface area (Å²) in [5, 5.41) is 19.5. The lowest BCUT2D eigenvalue weighted by Crippen LogP contribution is -2.11. The highest BCUT2D eigenvalue weighted by atomic mass is 16.5. The van der Waals surface area contributed by atoms with Crippen LogP contribution in [0.25, 0.3) is 102 Å². The smallest absolute Gasteiger partial charge is 0.126 e. The molecule has 115 heavy (non-hydrogen) atoms. The Balaban J connectivity index is 0.000000137. The zero-order chi connectivity index (χ0) is 79.6. The summed E-state index contributed by atoms with van der Waals surface area (Å²) in [5.41, 5.74) is 36.9. The van der Waals surface area contributed by atoms with Crippen molar-refractivity contribution in [2.75, 3.05) is 28.9 Å². The predicted octanol–water partition coefficient (Wildman–Crippen LogP) is 29.9. The Hall–Kier alpha value is -14.0. The van der Waals surface area contributed by atoms with Crippen molar-refractivity contribution < 1.29 is 9.47 Å². The van der Waals surface area contributed by atoms with Crippen LogP contribution >= 0.6 is 0 Å². The van der Waals surface area contributed by atoms with Crippen LogP contribution in [-0.2, 0) is 0 Å². The first kappa shape index (κ1) is 76.4. The lowest BCUT2D eigenvalue weighted by Gasteiger charge is -2.28. The average Bonchev–Trinajstić information content (AvgIpc) is 1.62. The van der Waals surface area contributed by atoms with Gasteiger partial charge in [0.25, 0.3) is 0 Å². The number of rotatable bonds is 15.